The van der Waals surface area contributed by atoms with E-state index in [1.54, 1.807) is 23.8 Å². The number of amides is 2. The van der Waals surface area contributed by atoms with Crippen molar-refractivity contribution in [2.24, 2.45) is 11.3 Å². The minimum atomic E-state index is -0.142. The molecule has 5 nitrogen and oxygen atoms in total. The SMILES string of the molecule is COc1cccc(N2C(=O)CSC2c2cccc(NC(=O)CC(C)CC(C)(C)C)c2)c1. The van der Waals surface area contributed by atoms with Crippen molar-refractivity contribution < 1.29 is 14.3 Å². The van der Waals surface area contributed by atoms with E-state index in [9.17, 15) is 9.59 Å². The summed E-state index contributed by atoms with van der Waals surface area (Å²) in [4.78, 5) is 27.0. The van der Waals surface area contributed by atoms with Gasteiger partial charge in [0.2, 0.25) is 11.8 Å². The van der Waals surface area contributed by atoms with Crippen LogP contribution in [-0.4, -0.2) is 24.7 Å². The Bertz CT molecular complexity index is 938. The molecule has 1 N–H and O–H groups in total. The van der Waals surface area contributed by atoms with Crippen LogP contribution in [0.1, 0.15) is 51.5 Å². The largest absolute Gasteiger partial charge is 0.497 e. The number of ether oxygens (including phenoxy) is 1. The zero-order valence-corrected chi connectivity index (χ0v) is 19.8. The molecule has 3 rings (SSSR count). The average Bonchev–Trinajstić information content (AvgIpc) is 3.08. The molecule has 1 fully saturated rings. The molecule has 0 radical (unpaired) electrons. The molecule has 2 unspecified atom stereocenters. The van der Waals surface area contributed by atoms with E-state index in [-0.39, 0.29) is 22.6 Å². The van der Waals surface area contributed by atoms with Crippen LogP contribution < -0.4 is 15.0 Å². The zero-order valence-electron chi connectivity index (χ0n) is 19.0. The minimum absolute atomic E-state index is 0.0219. The molecule has 0 aliphatic carbocycles. The maximum Gasteiger partial charge on any atom is 0.238 e. The highest BCUT2D eigenvalue weighted by Crippen LogP contribution is 2.43. The summed E-state index contributed by atoms with van der Waals surface area (Å²) in [6.07, 6.45) is 1.49. The highest BCUT2D eigenvalue weighted by atomic mass is 32.2. The van der Waals surface area contributed by atoms with Crippen LogP contribution in [0.15, 0.2) is 48.5 Å². The number of rotatable bonds is 7. The number of anilines is 2. The highest BCUT2D eigenvalue weighted by molar-refractivity contribution is 8.00. The van der Waals surface area contributed by atoms with Gasteiger partial charge >= 0.3 is 0 Å². The normalized spacial score (nSPS) is 17.5. The van der Waals surface area contributed by atoms with Gasteiger partial charge in [0.05, 0.1) is 12.9 Å². The Labute approximate surface area is 189 Å². The van der Waals surface area contributed by atoms with E-state index in [2.05, 4.69) is 33.0 Å². The molecule has 0 bridgehead atoms. The predicted octanol–water partition coefficient (Wildman–Crippen LogP) is 5.87. The van der Waals surface area contributed by atoms with E-state index < -0.39 is 0 Å². The van der Waals surface area contributed by atoms with Crippen LogP contribution in [0.25, 0.3) is 0 Å². The fourth-order valence-corrected chi connectivity index (χ4v) is 5.29. The van der Waals surface area contributed by atoms with E-state index in [4.69, 9.17) is 4.74 Å². The quantitative estimate of drug-likeness (QED) is 0.584. The third-order valence-corrected chi connectivity index (χ3v) is 6.36. The van der Waals surface area contributed by atoms with Crippen LogP contribution in [0.5, 0.6) is 5.75 Å². The second kappa shape index (κ2) is 9.77. The number of nitrogens with zero attached hydrogens (tertiary/aromatic N) is 1. The molecule has 1 saturated heterocycles. The number of carbonyl (C=O) groups is 2. The van der Waals surface area contributed by atoms with Gasteiger partial charge in [0.1, 0.15) is 11.1 Å². The second-order valence-corrected chi connectivity index (χ2v) is 10.4. The molecule has 2 atom stereocenters. The number of hydrogen-bond donors (Lipinski definition) is 1. The van der Waals surface area contributed by atoms with Gasteiger partial charge in [-0.2, -0.15) is 0 Å². The Morgan fingerprint density at radius 1 is 1.23 bits per heavy atom. The van der Waals surface area contributed by atoms with Gasteiger partial charge in [0, 0.05) is 23.9 Å². The number of thioether (sulfide) groups is 1. The van der Waals surface area contributed by atoms with Crippen molar-refractivity contribution in [1.82, 2.24) is 0 Å². The zero-order chi connectivity index (χ0) is 22.6. The van der Waals surface area contributed by atoms with Crippen molar-refractivity contribution in [3.05, 3.63) is 54.1 Å². The van der Waals surface area contributed by atoms with Gasteiger partial charge in [-0.25, -0.2) is 0 Å². The van der Waals surface area contributed by atoms with Crippen LogP contribution in [0.2, 0.25) is 0 Å². The van der Waals surface area contributed by atoms with Crippen molar-refractivity contribution in [1.29, 1.82) is 0 Å². The summed E-state index contributed by atoms with van der Waals surface area (Å²) < 4.78 is 5.32. The maximum atomic E-state index is 12.7. The standard InChI is InChI=1S/C25H32N2O3S/c1-17(15-25(2,3)4)12-22(28)26-19-9-6-8-18(13-19)24-27(23(29)16-31-24)20-10-7-11-21(14-20)30-5/h6-11,13-14,17,24H,12,15-16H2,1-5H3,(H,26,28). The monoisotopic (exact) mass is 440 g/mol. The lowest BCUT2D eigenvalue weighted by molar-refractivity contribution is -0.117. The first-order valence-electron chi connectivity index (χ1n) is 10.6. The van der Waals surface area contributed by atoms with E-state index in [0.29, 0.717) is 23.8 Å². The number of benzene rings is 2. The molecule has 2 aromatic rings. The first-order valence-corrected chi connectivity index (χ1v) is 11.7. The van der Waals surface area contributed by atoms with E-state index in [1.807, 2.05) is 48.5 Å². The lowest BCUT2D eigenvalue weighted by Gasteiger charge is -2.25. The van der Waals surface area contributed by atoms with E-state index in [0.717, 1.165) is 23.4 Å². The molecular weight excluding hydrogens is 408 g/mol. The molecule has 1 aliphatic rings. The Kier molecular flexibility index (Phi) is 7.31. The second-order valence-electron chi connectivity index (χ2n) is 9.38. The molecule has 0 saturated carbocycles. The lowest BCUT2D eigenvalue weighted by atomic mass is 9.84. The molecule has 6 heteroatoms. The summed E-state index contributed by atoms with van der Waals surface area (Å²) in [7, 11) is 1.62. The van der Waals surface area contributed by atoms with Gasteiger partial charge < -0.3 is 10.1 Å². The Morgan fingerprint density at radius 2 is 1.97 bits per heavy atom. The third-order valence-electron chi connectivity index (χ3n) is 5.15. The summed E-state index contributed by atoms with van der Waals surface area (Å²) in [6.45, 7) is 8.70. The molecule has 1 aliphatic heterocycles. The molecule has 0 spiro atoms. The van der Waals surface area contributed by atoms with Crippen LogP contribution >= 0.6 is 11.8 Å². The van der Waals surface area contributed by atoms with Gasteiger partial charge in [-0.05, 0) is 47.6 Å². The van der Waals surface area contributed by atoms with Gasteiger partial charge in [-0.3, -0.25) is 14.5 Å². The molecular formula is C25H32N2O3S. The minimum Gasteiger partial charge on any atom is -0.497 e. The highest BCUT2D eigenvalue weighted by Gasteiger charge is 2.34. The summed E-state index contributed by atoms with van der Waals surface area (Å²) in [5, 5.41) is 2.89. The Morgan fingerprint density at radius 3 is 2.68 bits per heavy atom. The number of methoxy groups -OCH3 is 1. The van der Waals surface area contributed by atoms with Gasteiger partial charge in [0.25, 0.3) is 0 Å². The fourth-order valence-electron chi connectivity index (χ4n) is 4.13. The van der Waals surface area contributed by atoms with Crippen molar-refractivity contribution >= 4 is 35.0 Å². The van der Waals surface area contributed by atoms with Gasteiger partial charge in [0.15, 0.2) is 0 Å². The first kappa shape index (κ1) is 23.2. The fraction of sp³-hybridized carbons (Fsp3) is 0.440. The van der Waals surface area contributed by atoms with Crippen molar-refractivity contribution in [2.45, 2.75) is 45.9 Å². The van der Waals surface area contributed by atoms with E-state index >= 15 is 0 Å². The predicted molar refractivity (Wildman–Crippen MR) is 129 cm³/mol. The molecule has 2 aromatic carbocycles. The van der Waals surface area contributed by atoms with Crippen LogP contribution in [0.3, 0.4) is 0 Å². The molecule has 1 heterocycles. The first-order chi connectivity index (χ1) is 14.7. The molecule has 31 heavy (non-hydrogen) atoms. The number of carbonyl (C=O) groups excluding carboxylic acids is 2. The summed E-state index contributed by atoms with van der Waals surface area (Å²) >= 11 is 1.59. The summed E-state index contributed by atoms with van der Waals surface area (Å²) in [5.74, 6) is 1.53. The Balaban J connectivity index is 1.74. The van der Waals surface area contributed by atoms with Gasteiger partial charge in [-0.1, -0.05) is 45.9 Å². The average molecular weight is 441 g/mol. The van der Waals surface area contributed by atoms with Crippen molar-refractivity contribution in [2.75, 3.05) is 23.1 Å². The van der Waals surface area contributed by atoms with Crippen molar-refractivity contribution in [3.63, 3.8) is 0 Å². The maximum absolute atomic E-state index is 12.7. The number of nitrogens with one attached hydrogen (secondary N) is 1. The summed E-state index contributed by atoms with van der Waals surface area (Å²) in [6, 6.07) is 15.3. The van der Waals surface area contributed by atoms with Crippen LogP contribution in [-0.2, 0) is 9.59 Å². The molecule has 0 aromatic heterocycles. The van der Waals surface area contributed by atoms with Crippen molar-refractivity contribution in [3.8, 4) is 5.75 Å². The molecule has 166 valence electrons. The number of hydrogen-bond acceptors (Lipinski definition) is 4. The van der Waals surface area contributed by atoms with E-state index in [1.165, 1.54) is 0 Å². The van der Waals surface area contributed by atoms with Crippen LogP contribution in [0.4, 0.5) is 11.4 Å². The van der Waals surface area contributed by atoms with Crippen LogP contribution in [0, 0.1) is 11.3 Å². The summed E-state index contributed by atoms with van der Waals surface area (Å²) in [5.41, 5.74) is 2.76. The molecule has 2 amide bonds. The lowest BCUT2D eigenvalue weighted by Crippen LogP contribution is -2.27. The topological polar surface area (TPSA) is 58.6 Å². The van der Waals surface area contributed by atoms with Gasteiger partial charge in [-0.15, -0.1) is 11.8 Å². The third kappa shape index (κ3) is 6.26. The Hall–Kier alpha value is -2.47. The smallest absolute Gasteiger partial charge is 0.238 e.